The smallest absolute Gasteiger partial charge is 0.221 e. The summed E-state index contributed by atoms with van der Waals surface area (Å²) in [5.41, 5.74) is 11.4. The fourth-order valence-corrected chi connectivity index (χ4v) is 4.55. The molecule has 5 rings (SSSR count). The van der Waals surface area contributed by atoms with Gasteiger partial charge in [-0.05, 0) is 65.8 Å². The molecule has 2 N–H and O–H groups in total. The third-order valence-corrected chi connectivity index (χ3v) is 6.22. The maximum Gasteiger partial charge on any atom is 0.221 e. The van der Waals surface area contributed by atoms with Gasteiger partial charge in [0.1, 0.15) is 0 Å². The minimum Gasteiger partial charge on any atom is -0.369 e. The molecule has 0 radical (unpaired) electrons. The van der Waals surface area contributed by atoms with Crippen molar-refractivity contribution in [3.63, 3.8) is 0 Å². The minimum absolute atomic E-state index is 0.265. The van der Waals surface area contributed by atoms with Crippen LogP contribution in [0.15, 0.2) is 30.3 Å². The lowest BCUT2D eigenvalue weighted by molar-refractivity contribution is -0.117. The molecule has 0 unspecified atom stereocenters. The van der Waals surface area contributed by atoms with Crippen molar-refractivity contribution in [3.8, 4) is 0 Å². The van der Waals surface area contributed by atoms with Gasteiger partial charge in [0.15, 0.2) is 0 Å². The molecule has 3 nitrogen and oxygen atoms in total. The fourth-order valence-electron chi connectivity index (χ4n) is 4.55. The van der Waals surface area contributed by atoms with Gasteiger partial charge in [-0.2, -0.15) is 0 Å². The molecule has 1 amide bonds. The molecule has 3 heteroatoms. The second-order valence-corrected chi connectivity index (χ2v) is 8.02. The van der Waals surface area contributed by atoms with Crippen LogP contribution in [0.4, 0.5) is 0 Å². The van der Waals surface area contributed by atoms with E-state index >= 15 is 0 Å². The molecule has 124 valence electrons. The average Bonchev–Trinajstić information content (AvgIpc) is 2.53. The highest BCUT2D eigenvalue weighted by molar-refractivity contribution is 5.86. The lowest BCUT2D eigenvalue weighted by atomic mass is 9.48. The SMILES string of the molecule is Cc1cc(C2=CC[C@H]3C[C@@H]2C3(C)C)nc2cc(CC(N)=O)ccc12. The molecule has 1 heterocycles. The number of amides is 1. The van der Waals surface area contributed by atoms with Gasteiger partial charge < -0.3 is 5.73 Å². The van der Waals surface area contributed by atoms with Crippen LogP contribution in [0.2, 0.25) is 0 Å². The number of allylic oxidation sites excluding steroid dienone is 2. The number of hydrogen-bond donors (Lipinski definition) is 1. The summed E-state index contributed by atoms with van der Waals surface area (Å²) in [6.07, 6.45) is 5.12. The molecule has 0 spiro atoms. The molecule has 1 saturated carbocycles. The Morgan fingerprint density at radius 2 is 2.12 bits per heavy atom. The second kappa shape index (κ2) is 5.17. The van der Waals surface area contributed by atoms with E-state index in [0.717, 1.165) is 28.1 Å². The van der Waals surface area contributed by atoms with Crippen molar-refractivity contribution in [2.75, 3.05) is 0 Å². The molecule has 1 fully saturated rings. The first-order chi connectivity index (χ1) is 11.4. The van der Waals surface area contributed by atoms with Crippen LogP contribution in [0.25, 0.3) is 16.5 Å². The Balaban J connectivity index is 1.79. The van der Waals surface area contributed by atoms with Crippen LogP contribution in [-0.2, 0) is 11.2 Å². The van der Waals surface area contributed by atoms with Crippen LogP contribution in [0, 0.1) is 24.2 Å². The average molecular weight is 320 g/mol. The zero-order valence-corrected chi connectivity index (χ0v) is 14.6. The van der Waals surface area contributed by atoms with Crippen LogP contribution in [0.1, 0.15) is 43.5 Å². The van der Waals surface area contributed by atoms with Gasteiger partial charge in [-0.1, -0.05) is 32.1 Å². The first kappa shape index (κ1) is 15.4. The van der Waals surface area contributed by atoms with E-state index in [4.69, 9.17) is 10.7 Å². The summed E-state index contributed by atoms with van der Waals surface area (Å²) in [5, 5.41) is 1.15. The molecule has 24 heavy (non-hydrogen) atoms. The van der Waals surface area contributed by atoms with Crippen molar-refractivity contribution >= 4 is 22.4 Å². The van der Waals surface area contributed by atoms with Crippen LogP contribution >= 0.6 is 0 Å². The number of fused-ring (bicyclic) bond motifs is 2. The number of pyridine rings is 1. The number of nitrogens with zero attached hydrogens (tertiary/aromatic N) is 1. The van der Waals surface area contributed by atoms with Gasteiger partial charge in [0, 0.05) is 5.39 Å². The lowest BCUT2D eigenvalue weighted by Gasteiger charge is -2.56. The predicted octanol–water partition coefficient (Wildman–Crippen LogP) is 4.02. The topological polar surface area (TPSA) is 56.0 Å². The minimum atomic E-state index is -0.306. The van der Waals surface area contributed by atoms with Gasteiger partial charge in [-0.3, -0.25) is 4.79 Å². The Hall–Kier alpha value is -2.16. The summed E-state index contributed by atoms with van der Waals surface area (Å²) in [4.78, 5) is 16.1. The number of aromatic nitrogens is 1. The van der Waals surface area contributed by atoms with Crippen molar-refractivity contribution in [1.29, 1.82) is 0 Å². The van der Waals surface area contributed by atoms with Crippen LogP contribution in [0.5, 0.6) is 0 Å². The van der Waals surface area contributed by atoms with Gasteiger partial charge in [-0.25, -0.2) is 4.98 Å². The quantitative estimate of drug-likeness (QED) is 0.928. The van der Waals surface area contributed by atoms with Gasteiger partial charge in [-0.15, -0.1) is 0 Å². The van der Waals surface area contributed by atoms with E-state index in [9.17, 15) is 4.79 Å². The Morgan fingerprint density at radius 1 is 1.33 bits per heavy atom. The number of carbonyl (C=O) groups is 1. The number of aryl methyl sites for hydroxylation is 1. The molecule has 3 aliphatic carbocycles. The number of nitrogens with two attached hydrogens (primary N) is 1. The zero-order chi connectivity index (χ0) is 17.1. The van der Waals surface area contributed by atoms with E-state index in [1.807, 2.05) is 12.1 Å². The van der Waals surface area contributed by atoms with Gasteiger partial charge in [0.2, 0.25) is 5.91 Å². The van der Waals surface area contributed by atoms with E-state index in [0.29, 0.717) is 11.3 Å². The summed E-state index contributed by atoms with van der Waals surface area (Å²) in [6, 6.07) is 8.25. The number of primary amides is 1. The fraction of sp³-hybridized carbons (Fsp3) is 0.429. The third-order valence-electron chi connectivity index (χ3n) is 6.22. The Morgan fingerprint density at radius 3 is 2.79 bits per heavy atom. The lowest BCUT2D eigenvalue weighted by Crippen LogP contribution is -2.47. The normalized spacial score (nSPS) is 24.4. The number of hydrogen-bond acceptors (Lipinski definition) is 2. The summed E-state index contributed by atoms with van der Waals surface area (Å²) in [6.45, 7) is 6.91. The zero-order valence-electron chi connectivity index (χ0n) is 14.6. The van der Waals surface area contributed by atoms with Crippen molar-refractivity contribution in [2.45, 2.75) is 40.0 Å². The largest absolute Gasteiger partial charge is 0.369 e. The van der Waals surface area contributed by atoms with Crippen LogP contribution in [-0.4, -0.2) is 10.9 Å². The molecule has 2 atom stereocenters. The van der Waals surface area contributed by atoms with E-state index < -0.39 is 0 Å². The summed E-state index contributed by atoms with van der Waals surface area (Å²) in [5.74, 6) is 1.14. The Kier molecular flexibility index (Phi) is 3.31. The first-order valence-electron chi connectivity index (χ1n) is 8.75. The highest BCUT2D eigenvalue weighted by Gasteiger charge is 2.51. The molecule has 1 aromatic carbocycles. The van der Waals surface area contributed by atoms with Crippen molar-refractivity contribution in [3.05, 3.63) is 47.2 Å². The monoisotopic (exact) mass is 320 g/mol. The molecule has 2 aromatic rings. The Bertz CT molecular complexity index is 879. The highest BCUT2D eigenvalue weighted by atomic mass is 16.1. The molecule has 2 bridgehead atoms. The predicted molar refractivity (Wildman–Crippen MR) is 97.4 cm³/mol. The summed E-state index contributed by atoms with van der Waals surface area (Å²) < 4.78 is 0. The van der Waals surface area contributed by atoms with Crippen molar-refractivity contribution in [2.24, 2.45) is 23.0 Å². The molecular weight excluding hydrogens is 296 g/mol. The maximum atomic E-state index is 11.2. The standard InChI is InChI=1S/C21H24N2O/c1-12-8-18(16-7-5-14-11-17(16)21(14,2)3)23-19-9-13(10-20(22)24)4-6-15(12)19/h4,6-9,14,17H,5,10-11H2,1-3H3,(H2,22,24)/t14-,17-/m0/s1. The van der Waals surface area contributed by atoms with E-state index in [-0.39, 0.29) is 12.3 Å². The summed E-state index contributed by atoms with van der Waals surface area (Å²) >= 11 is 0. The Labute approximate surface area is 143 Å². The molecular formula is C21H24N2O. The van der Waals surface area contributed by atoms with Crippen molar-refractivity contribution < 1.29 is 4.79 Å². The molecule has 3 aliphatic rings. The number of carbonyl (C=O) groups excluding carboxylic acids is 1. The number of benzene rings is 1. The number of rotatable bonds is 3. The third kappa shape index (κ3) is 2.26. The van der Waals surface area contributed by atoms with Gasteiger partial charge in [0.25, 0.3) is 0 Å². The second-order valence-electron chi connectivity index (χ2n) is 8.02. The molecule has 1 aromatic heterocycles. The van der Waals surface area contributed by atoms with E-state index in [1.54, 1.807) is 0 Å². The van der Waals surface area contributed by atoms with Crippen LogP contribution in [0.3, 0.4) is 0 Å². The van der Waals surface area contributed by atoms with Crippen LogP contribution < -0.4 is 5.73 Å². The van der Waals surface area contributed by atoms with E-state index in [1.165, 1.54) is 24.0 Å². The molecule has 0 aliphatic heterocycles. The van der Waals surface area contributed by atoms with Gasteiger partial charge in [0.05, 0.1) is 17.6 Å². The first-order valence-corrected chi connectivity index (χ1v) is 8.75. The molecule has 0 saturated heterocycles. The van der Waals surface area contributed by atoms with Crippen molar-refractivity contribution in [1.82, 2.24) is 4.98 Å². The highest BCUT2D eigenvalue weighted by Crippen LogP contribution is 2.61. The van der Waals surface area contributed by atoms with E-state index in [2.05, 4.69) is 39.0 Å². The maximum absolute atomic E-state index is 11.2. The van der Waals surface area contributed by atoms with Gasteiger partial charge >= 0.3 is 0 Å². The summed E-state index contributed by atoms with van der Waals surface area (Å²) in [7, 11) is 0.